The van der Waals surface area contributed by atoms with Gasteiger partial charge in [-0.2, -0.15) is 8.78 Å². The van der Waals surface area contributed by atoms with Crippen molar-refractivity contribution in [2.24, 2.45) is 0 Å². The van der Waals surface area contributed by atoms with E-state index in [1.807, 2.05) is 0 Å². The van der Waals surface area contributed by atoms with Crippen molar-refractivity contribution >= 4 is 55.4 Å². The molecule has 146 valence electrons. The summed E-state index contributed by atoms with van der Waals surface area (Å²) in [5.74, 6) is -2.28. The molecule has 0 aliphatic heterocycles. The fourth-order valence-electron chi connectivity index (χ4n) is 1.51. The summed E-state index contributed by atoms with van der Waals surface area (Å²) < 4.78 is 30.8. The average molecular weight is 512 g/mol. The van der Waals surface area contributed by atoms with Gasteiger partial charge in [0.1, 0.15) is 24.7 Å². The van der Waals surface area contributed by atoms with E-state index < -0.39 is 23.8 Å². The highest BCUT2D eigenvalue weighted by Crippen LogP contribution is 2.15. The van der Waals surface area contributed by atoms with Gasteiger partial charge >= 0.3 is 11.9 Å². The Morgan fingerprint density at radius 1 is 1.00 bits per heavy atom. The van der Waals surface area contributed by atoms with Crippen molar-refractivity contribution in [1.29, 1.82) is 0 Å². The molecule has 8 nitrogen and oxygen atoms in total. The largest absolute Gasteiger partial charge is 0.480 e. The number of nitrogens with one attached hydrogen (secondary N) is 2. The number of hydrogen-bond acceptors (Lipinski definition) is 7. The summed E-state index contributed by atoms with van der Waals surface area (Å²) in [6, 6.07) is 5.47. The minimum absolute atomic E-state index is 0.0423. The second-order valence-electron chi connectivity index (χ2n) is 4.66. The van der Waals surface area contributed by atoms with Crippen LogP contribution in [0.4, 0.5) is 20.4 Å². The van der Waals surface area contributed by atoms with Gasteiger partial charge in [0.2, 0.25) is 11.9 Å². The second-order valence-corrected chi connectivity index (χ2v) is 6.49. The number of nitrogens with zero attached hydrogens (tertiary/aromatic N) is 2. The molecule has 0 bridgehead atoms. The molecule has 0 saturated carbocycles. The summed E-state index contributed by atoms with van der Waals surface area (Å²) in [5, 5.41) is 13.4. The molecule has 0 amide bonds. The molecular weight excluding hydrogens is 498 g/mol. The summed E-state index contributed by atoms with van der Waals surface area (Å²) in [6.07, 6.45) is 0. The maximum absolute atomic E-state index is 12.7. The van der Waals surface area contributed by atoms with E-state index in [9.17, 15) is 18.4 Å². The fourth-order valence-corrected chi connectivity index (χ4v) is 2.33. The van der Waals surface area contributed by atoms with Crippen molar-refractivity contribution in [1.82, 2.24) is 9.97 Å². The normalized spacial score (nSPS) is 9.67. The van der Waals surface area contributed by atoms with Crippen LogP contribution in [0.1, 0.15) is 0 Å². The Balaban J connectivity index is 0.000000271. The minimum atomic E-state index is -1.03. The first-order chi connectivity index (χ1) is 12.7. The number of carbonyl (C=O) groups is 2. The average Bonchev–Trinajstić information content (AvgIpc) is 2.57. The van der Waals surface area contributed by atoms with Gasteiger partial charge in [-0.25, -0.2) is 9.97 Å². The van der Waals surface area contributed by atoms with Gasteiger partial charge in [-0.3, -0.25) is 9.59 Å². The Bertz CT molecular complexity index is 771. The highest BCUT2D eigenvalue weighted by molar-refractivity contribution is 9.10. The van der Waals surface area contributed by atoms with Crippen molar-refractivity contribution in [3.8, 4) is 0 Å². The zero-order valence-electron chi connectivity index (χ0n) is 13.8. The molecule has 2 aromatic heterocycles. The zero-order valence-corrected chi connectivity index (χ0v) is 17.0. The molecule has 0 aliphatic carbocycles. The monoisotopic (exact) mass is 510 g/mol. The third kappa shape index (κ3) is 9.80. The summed E-state index contributed by atoms with van der Waals surface area (Å²) in [6.45, 7) is -0.331. The molecule has 0 fully saturated rings. The molecule has 3 N–H and O–H groups in total. The van der Waals surface area contributed by atoms with E-state index in [2.05, 4.69) is 57.2 Å². The van der Waals surface area contributed by atoms with Crippen molar-refractivity contribution in [3.63, 3.8) is 0 Å². The Morgan fingerprint density at radius 2 is 1.44 bits per heavy atom. The molecule has 12 heteroatoms. The predicted octanol–water partition coefficient (Wildman–Crippen LogP) is 3.05. The van der Waals surface area contributed by atoms with Gasteiger partial charge in [0, 0.05) is 21.1 Å². The first-order valence-electron chi connectivity index (χ1n) is 7.12. The lowest BCUT2D eigenvalue weighted by Gasteiger charge is -2.04. The van der Waals surface area contributed by atoms with Gasteiger partial charge in [-0.05, 0) is 12.1 Å². The Labute approximate surface area is 169 Å². The zero-order chi connectivity index (χ0) is 20.4. The van der Waals surface area contributed by atoms with Crippen LogP contribution in [0.25, 0.3) is 0 Å². The number of halogens is 4. The summed E-state index contributed by atoms with van der Waals surface area (Å²) >= 11 is 6.15. The van der Waals surface area contributed by atoms with Crippen LogP contribution in [0, 0.1) is 11.9 Å². The standard InChI is InChI=1S/C8H8BrFN2O2.C7H6BrFN2O2/c1-14-8(13)4-11-7-3-5(9)2-6(10)12-7;8-4-1-5(9)11-6(2-4)10-3-7(12)13/h2-3H,4H2,1H3,(H,11,12);1-2H,3H2,(H,10,11)(H,12,13). The smallest absolute Gasteiger partial charge is 0.325 e. The van der Waals surface area contributed by atoms with Gasteiger partial charge in [0.15, 0.2) is 0 Å². The summed E-state index contributed by atoms with van der Waals surface area (Å²) in [4.78, 5) is 27.8. The molecule has 2 rings (SSSR count). The number of pyridine rings is 2. The minimum Gasteiger partial charge on any atom is -0.480 e. The van der Waals surface area contributed by atoms with Crippen molar-refractivity contribution in [3.05, 3.63) is 45.1 Å². The second kappa shape index (κ2) is 11.4. The van der Waals surface area contributed by atoms with Gasteiger partial charge in [0.05, 0.1) is 7.11 Å². The van der Waals surface area contributed by atoms with Crippen LogP contribution in [0.2, 0.25) is 0 Å². The third-order valence-corrected chi connectivity index (χ3v) is 3.50. The van der Waals surface area contributed by atoms with Gasteiger partial charge in [-0.15, -0.1) is 0 Å². The van der Waals surface area contributed by atoms with Crippen LogP contribution in [-0.4, -0.2) is 47.2 Å². The Hall–Kier alpha value is -2.34. The number of methoxy groups -OCH3 is 1. The van der Waals surface area contributed by atoms with Gasteiger partial charge in [0.25, 0.3) is 0 Å². The quantitative estimate of drug-likeness (QED) is 0.400. The lowest BCUT2D eigenvalue weighted by Crippen LogP contribution is -2.15. The molecule has 0 unspecified atom stereocenters. The number of carboxylic acid groups (broad SMARTS) is 1. The highest BCUT2D eigenvalue weighted by atomic mass is 79.9. The van der Waals surface area contributed by atoms with Crippen LogP contribution in [-0.2, 0) is 14.3 Å². The number of carboxylic acids is 1. The summed E-state index contributed by atoms with van der Waals surface area (Å²) in [7, 11) is 1.28. The molecule has 2 heterocycles. The Kier molecular flexibility index (Phi) is 9.58. The molecule has 0 saturated heterocycles. The van der Waals surface area contributed by atoms with Crippen molar-refractivity contribution in [2.75, 3.05) is 30.8 Å². The van der Waals surface area contributed by atoms with Gasteiger partial charge in [-0.1, -0.05) is 31.9 Å². The number of anilines is 2. The first kappa shape index (κ1) is 22.7. The number of esters is 1. The predicted molar refractivity (Wildman–Crippen MR) is 100 cm³/mol. The number of carbonyl (C=O) groups excluding carboxylic acids is 1. The lowest BCUT2D eigenvalue weighted by atomic mass is 10.4. The SMILES string of the molecule is COC(=O)CNc1cc(Br)cc(F)n1.O=C(O)CNc1cc(Br)cc(F)n1. The maximum Gasteiger partial charge on any atom is 0.325 e. The van der Waals surface area contributed by atoms with Crippen LogP contribution in [0.3, 0.4) is 0 Å². The van der Waals surface area contributed by atoms with E-state index >= 15 is 0 Å². The van der Waals surface area contributed by atoms with Crippen LogP contribution in [0.5, 0.6) is 0 Å². The van der Waals surface area contributed by atoms with Gasteiger partial charge < -0.3 is 20.5 Å². The molecule has 27 heavy (non-hydrogen) atoms. The van der Waals surface area contributed by atoms with E-state index in [1.165, 1.54) is 25.3 Å². The molecule has 0 atom stereocenters. The number of rotatable bonds is 6. The van der Waals surface area contributed by atoms with E-state index in [0.29, 0.717) is 8.95 Å². The molecule has 0 spiro atoms. The topological polar surface area (TPSA) is 113 Å². The van der Waals surface area contributed by atoms with E-state index in [0.717, 1.165) is 0 Å². The highest BCUT2D eigenvalue weighted by Gasteiger charge is 2.03. The fraction of sp³-hybridized carbons (Fsp3) is 0.200. The van der Waals surface area contributed by atoms with Crippen LogP contribution < -0.4 is 10.6 Å². The van der Waals surface area contributed by atoms with Crippen LogP contribution in [0.15, 0.2) is 33.2 Å². The van der Waals surface area contributed by atoms with E-state index in [1.54, 1.807) is 6.07 Å². The number of aromatic nitrogens is 2. The number of hydrogen-bond donors (Lipinski definition) is 3. The number of aliphatic carboxylic acids is 1. The third-order valence-electron chi connectivity index (χ3n) is 2.58. The molecule has 2 aromatic rings. The molecule has 0 aromatic carbocycles. The first-order valence-corrected chi connectivity index (χ1v) is 8.70. The molecular formula is C15H14Br2F2N4O4. The van der Waals surface area contributed by atoms with Crippen molar-refractivity contribution in [2.45, 2.75) is 0 Å². The number of ether oxygens (including phenoxy) is 1. The van der Waals surface area contributed by atoms with E-state index in [-0.39, 0.29) is 24.7 Å². The van der Waals surface area contributed by atoms with E-state index in [4.69, 9.17) is 5.11 Å². The Morgan fingerprint density at radius 3 is 1.81 bits per heavy atom. The molecule has 0 aliphatic rings. The van der Waals surface area contributed by atoms with Crippen LogP contribution >= 0.6 is 31.9 Å². The summed E-state index contributed by atoms with van der Waals surface area (Å²) in [5.41, 5.74) is 0. The lowest BCUT2D eigenvalue weighted by molar-refractivity contribution is -0.138. The maximum atomic E-state index is 12.7. The molecule has 0 radical (unpaired) electrons. The van der Waals surface area contributed by atoms with Crippen molar-refractivity contribution < 1.29 is 28.2 Å².